The van der Waals surface area contributed by atoms with Gasteiger partial charge in [-0.2, -0.15) is 0 Å². The number of carbonyl (C=O) groups excluding carboxylic acids is 1. The lowest BCUT2D eigenvalue weighted by Gasteiger charge is -2.00. The number of rotatable bonds is 2. The lowest BCUT2D eigenvalue weighted by Crippen LogP contribution is -1.92. The molecule has 0 atom stereocenters. The van der Waals surface area contributed by atoms with E-state index in [0.717, 1.165) is 5.56 Å². The Hall–Kier alpha value is -1.57. The van der Waals surface area contributed by atoms with E-state index in [9.17, 15) is 9.90 Å². The number of aromatic hydroxyl groups is 1. The summed E-state index contributed by atoms with van der Waals surface area (Å²) in [5.41, 5.74) is 1.17. The number of phenolic OH excluding ortho intramolecular Hbond substituents is 1. The van der Waals surface area contributed by atoms with Crippen LogP contribution >= 0.6 is 0 Å². The van der Waals surface area contributed by atoms with Gasteiger partial charge in [-0.05, 0) is 24.6 Å². The Morgan fingerprint density at radius 1 is 1.58 bits per heavy atom. The fourth-order valence-electron chi connectivity index (χ4n) is 0.963. The maximum absolute atomic E-state index is 10.9. The van der Waals surface area contributed by atoms with Crippen LogP contribution in [-0.2, 0) is 0 Å². The normalized spacial score (nSPS) is 9.42. The third-order valence-corrected chi connectivity index (χ3v) is 1.64. The predicted octanol–water partition coefficient (Wildman–Crippen LogP) is 2.24. The Labute approximate surface area is 71.2 Å². The van der Waals surface area contributed by atoms with E-state index in [0.29, 0.717) is 5.56 Å². The highest BCUT2D eigenvalue weighted by Gasteiger charge is 2.05. The monoisotopic (exact) mass is 162 g/mol. The molecule has 62 valence electrons. The molecular formula is C10H10O2. The molecule has 0 aromatic heterocycles. The first kappa shape index (κ1) is 8.53. The number of ketones is 1. The van der Waals surface area contributed by atoms with E-state index in [-0.39, 0.29) is 11.5 Å². The minimum Gasteiger partial charge on any atom is -0.507 e. The molecule has 0 saturated heterocycles. The zero-order valence-corrected chi connectivity index (χ0v) is 6.87. The molecule has 0 aliphatic heterocycles. The zero-order valence-electron chi connectivity index (χ0n) is 6.87. The van der Waals surface area contributed by atoms with Crippen molar-refractivity contribution in [2.45, 2.75) is 6.92 Å². The number of Topliss-reactive ketones (excluding diaryl/α,β-unsaturated/α-hetero) is 1. The van der Waals surface area contributed by atoms with Gasteiger partial charge in [0.2, 0.25) is 0 Å². The van der Waals surface area contributed by atoms with Gasteiger partial charge < -0.3 is 5.11 Å². The van der Waals surface area contributed by atoms with Crippen LogP contribution in [0.5, 0.6) is 5.75 Å². The van der Waals surface area contributed by atoms with Crippen molar-refractivity contribution in [1.82, 2.24) is 0 Å². The SMILES string of the molecule is C=Cc1ccc(O)c(C(C)=O)c1. The van der Waals surface area contributed by atoms with Crippen molar-refractivity contribution in [3.05, 3.63) is 35.9 Å². The summed E-state index contributed by atoms with van der Waals surface area (Å²) < 4.78 is 0. The molecule has 12 heavy (non-hydrogen) atoms. The number of hydrogen-bond acceptors (Lipinski definition) is 2. The molecule has 0 heterocycles. The minimum atomic E-state index is -0.142. The molecule has 0 aliphatic carbocycles. The average Bonchev–Trinajstić information content (AvgIpc) is 2.05. The largest absolute Gasteiger partial charge is 0.507 e. The lowest BCUT2D eigenvalue weighted by atomic mass is 10.1. The smallest absolute Gasteiger partial charge is 0.163 e. The van der Waals surface area contributed by atoms with Crippen LogP contribution < -0.4 is 0 Å². The second kappa shape index (κ2) is 3.22. The van der Waals surface area contributed by atoms with Crippen LogP contribution in [-0.4, -0.2) is 10.9 Å². The molecule has 2 heteroatoms. The van der Waals surface area contributed by atoms with Gasteiger partial charge in [-0.15, -0.1) is 0 Å². The molecule has 0 spiro atoms. The van der Waals surface area contributed by atoms with E-state index in [4.69, 9.17) is 0 Å². The van der Waals surface area contributed by atoms with Gasteiger partial charge in [0, 0.05) is 0 Å². The van der Waals surface area contributed by atoms with Crippen LogP contribution in [0, 0.1) is 0 Å². The fraction of sp³-hybridized carbons (Fsp3) is 0.100. The molecule has 0 unspecified atom stereocenters. The van der Waals surface area contributed by atoms with Gasteiger partial charge in [0.25, 0.3) is 0 Å². The Morgan fingerprint density at radius 3 is 2.75 bits per heavy atom. The fourth-order valence-corrected chi connectivity index (χ4v) is 0.963. The average molecular weight is 162 g/mol. The lowest BCUT2D eigenvalue weighted by molar-refractivity contribution is 0.101. The van der Waals surface area contributed by atoms with Crippen LogP contribution in [0.15, 0.2) is 24.8 Å². The molecule has 0 aliphatic rings. The summed E-state index contributed by atoms with van der Waals surface area (Å²) in [5.74, 6) is -0.121. The van der Waals surface area contributed by atoms with Crippen molar-refractivity contribution >= 4 is 11.9 Å². The van der Waals surface area contributed by atoms with Crippen molar-refractivity contribution in [3.63, 3.8) is 0 Å². The quantitative estimate of drug-likeness (QED) is 0.677. The molecular weight excluding hydrogens is 152 g/mol. The van der Waals surface area contributed by atoms with Gasteiger partial charge in [0.15, 0.2) is 5.78 Å². The van der Waals surface area contributed by atoms with Crippen molar-refractivity contribution in [2.75, 3.05) is 0 Å². The summed E-state index contributed by atoms with van der Waals surface area (Å²) in [4.78, 5) is 10.9. The van der Waals surface area contributed by atoms with E-state index in [2.05, 4.69) is 6.58 Å². The van der Waals surface area contributed by atoms with Gasteiger partial charge in [-0.1, -0.05) is 18.7 Å². The van der Waals surface area contributed by atoms with E-state index in [1.54, 1.807) is 18.2 Å². The first-order valence-electron chi connectivity index (χ1n) is 3.61. The van der Waals surface area contributed by atoms with Crippen molar-refractivity contribution in [1.29, 1.82) is 0 Å². The molecule has 0 bridgehead atoms. The maximum atomic E-state index is 10.9. The van der Waals surface area contributed by atoms with E-state index in [1.165, 1.54) is 13.0 Å². The molecule has 0 amide bonds. The molecule has 0 saturated carbocycles. The highest BCUT2D eigenvalue weighted by molar-refractivity contribution is 5.97. The number of carbonyl (C=O) groups is 1. The molecule has 1 aromatic carbocycles. The topological polar surface area (TPSA) is 37.3 Å². The number of benzene rings is 1. The maximum Gasteiger partial charge on any atom is 0.163 e. The summed E-state index contributed by atoms with van der Waals surface area (Å²) in [6, 6.07) is 4.81. The summed E-state index contributed by atoms with van der Waals surface area (Å²) in [6.45, 7) is 4.99. The highest BCUT2D eigenvalue weighted by atomic mass is 16.3. The minimum absolute atomic E-state index is 0.0214. The van der Waals surface area contributed by atoms with Crippen LogP contribution in [0.3, 0.4) is 0 Å². The Kier molecular flexibility index (Phi) is 2.29. The molecule has 0 fully saturated rings. The molecule has 1 rings (SSSR count). The Morgan fingerprint density at radius 2 is 2.25 bits per heavy atom. The van der Waals surface area contributed by atoms with Gasteiger partial charge in [-0.25, -0.2) is 0 Å². The first-order valence-corrected chi connectivity index (χ1v) is 3.61. The van der Waals surface area contributed by atoms with E-state index < -0.39 is 0 Å². The zero-order chi connectivity index (χ0) is 9.14. The molecule has 2 nitrogen and oxygen atoms in total. The van der Waals surface area contributed by atoms with Crippen LogP contribution in [0.4, 0.5) is 0 Å². The van der Waals surface area contributed by atoms with Gasteiger partial charge in [0.05, 0.1) is 5.56 Å². The van der Waals surface area contributed by atoms with E-state index in [1.807, 2.05) is 0 Å². The summed E-state index contributed by atoms with van der Waals surface area (Å²) in [5, 5.41) is 9.25. The predicted molar refractivity (Wildman–Crippen MR) is 48.2 cm³/mol. The number of phenols is 1. The summed E-state index contributed by atoms with van der Waals surface area (Å²) in [6.07, 6.45) is 1.63. The Bertz CT molecular complexity index is 327. The third-order valence-electron chi connectivity index (χ3n) is 1.64. The molecule has 1 N–H and O–H groups in total. The highest BCUT2D eigenvalue weighted by Crippen LogP contribution is 2.19. The summed E-state index contributed by atoms with van der Waals surface area (Å²) >= 11 is 0. The second-order valence-electron chi connectivity index (χ2n) is 2.54. The van der Waals surface area contributed by atoms with Gasteiger partial charge in [0.1, 0.15) is 5.75 Å². The first-order chi connectivity index (χ1) is 5.65. The number of hydrogen-bond donors (Lipinski definition) is 1. The van der Waals surface area contributed by atoms with Gasteiger partial charge in [-0.3, -0.25) is 4.79 Å². The van der Waals surface area contributed by atoms with Crippen LogP contribution in [0.1, 0.15) is 22.8 Å². The van der Waals surface area contributed by atoms with Crippen LogP contribution in [0.25, 0.3) is 6.08 Å². The van der Waals surface area contributed by atoms with Crippen molar-refractivity contribution in [3.8, 4) is 5.75 Å². The summed E-state index contributed by atoms with van der Waals surface area (Å²) in [7, 11) is 0. The van der Waals surface area contributed by atoms with Crippen LogP contribution in [0.2, 0.25) is 0 Å². The molecule has 1 aromatic rings. The van der Waals surface area contributed by atoms with Crippen molar-refractivity contribution < 1.29 is 9.90 Å². The van der Waals surface area contributed by atoms with Crippen molar-refractivity contribution in [2.24, 2.45) is 0 Å². The standard InChI is InChI=1S/C10H10O2/c1-3-8-4-5-10(12)9(6-8)7(2)11/h3-6,12H,1H2,2H3. The Balaban J connectivity index is 3.25. The molecule has 0 radical (unpaired) electrons. The van der Waals surface area contributed by atoms with E-state index >= 15 is 0 Å². The van der Waals surface area contributed by atoms with Gasteiger partial charge >= 0.3 is 0 Å². The second-order valence-corrected chi connectivity index (χ2v) is 2.54. The third kappa shape index (κ3) is 1.53.